The molecular formula is C17H17F2NO2S. The first-order valence-electron chi connectivity index (χ1n) is 7.02. The highest BCUT2D eigenvalue weighted by Crippen LogP contribution is 2.15. The van der Waals surface area contributed by atoms with Crippen LogP contribution in [0.4, 0.5) is 8.78 Å². The van der Waals surface area contributed by atoms with Crippen LogP contribution in [-0.4, -0.2) is 15.9 Å². The fraction of sp³-hybridized carbons (Fsp3) is 0.235. The molecule has 0 aliphatic rings. The highest BCUT2D eigenvalue weighted by atomic mass is 32.2. The van der Waals surface area contributed by atoms with Crippen molar-refractivity contribution in [2.45, 2.75) is 25.3 Å². The quantitative estimate of drug-likeness (QED) is 0.912. The average Bonchev–Trinajstić information content (AvgIpc) is 2.44. The Bertz CT molecular complexity index is 742. The largest absolute Gasteiger partial charge is 0.351 e. The first-order chi connectivity index (χ1) is 10.8. The van der Waals surface area contributed by atoms with E-state index >= 15 is 0 Å². The summed E-state index contributed by atoms with van der Waals surface area (Å²) in [6, 6.07) is 8.54. The van der Waals surface area contributed by atoms with Crippen LogP contribution in [0.2, 0.25) is 0 Å². The number of nitrogens with one attached hydrogen (secondary N) is 1. The van der Waals surface area contributed by atoms with Gasteiger partial charge in [0, 0.05) is 17.5 Å². The van der Waals surface area contributed by atoms with E-state index in [0.29, 0.717) is 10.5 Å². The fourth-order valence-corrected chi connectivity index (χ4v) is 3.35. The molecule has 0 radical (unpaired) electrons. The van der Waals surface area contributed by atoms with Crippen LogP contribution in [0, 0.1) is 25.5 Å². The van der Waals surface area contributed by atoms with Gasteiger partial charge in [-0.2, -0.15) is 0 Å². The van der Waals surface area contributed by atoms with Gasteiger partial charge in [0.1, 0.15) is 17.4 Å². The van der Waals surface area contributed by atoms with Crippen molar-refractivity contribution in [3.63, 3.8) is 0 Å². The second-order valence-corrected chi connectivity index (χ2v) is 6.73. The van der Waals surface area contributed by atoms with E-state index in [1.165, 1.54) is 0 Å². The Kier molecular flexibility index (Phi) is 5.60. The summed E-state index contributed by atoms with van der Waals surface area (Å²) in [5, 5.41) is 2.52. The third kappa shape index (κ3) is 4.96. The lowest BCUT2D eigenvalue weighted by molar-refractivity contribution is -0.118. The highest BCUT2D eigenvalue weighted by Gasteiger charge is 2.12. The van der Waals surface area contributed by atoms with Gasteiger partial charge in [-0.1, -0.05) is 17.7 Å². The summed E-state index contributed by atoms with van der Waals surface area (Å²) < 4.78 is 38.4. The molecule has 2 rings (SSSR count). The number of hydrogen-bond acceptors (Lipinski definition) is 2. The lowest BCUT2D eigenvalue weighted by atomic mass is 10.2. The molecule has 0 aromatic heterocycles. The molecule has 2 aromatic rings. The summed E-state index contributed by atoms with van der Waals surface area (Å²) in [4.78, 5) is 12.5. The predicted molar refractivity (Wildman–Crippen MR) is 85.4 cm³/mol. The van der Waals surface area contributed by atoms with Crippen LogP contribution >= 0.6 is 0 Å². The summed E-state index contributed by atoms with van der Waals surface area (Å²) in [5.74, 6) is -2.03. The highest BCUT2D eigenvalue weighted by molar-refractivity contribution is 7.85. The molecular weight excluding hydrogens is 320 g/mol. The molecule has 1 atom stereocenters. The third-order valence-electron chi connectivity index (χ3n) is 3.25. The Morgan fingerprint density at radius 3 is 2.35 bits per heavy atom. The summed E-state index contributed by atoms with van der Waals surface area (Å²) in [5.41, 5.74) is 2.23. The molecule has 0 aliphatic carbocycles. The molecule has 0 saturated heterocycles. The molecule has 0 spiro atoms. The van der Waals surface area contributed by atoms with E-state index in [1.807, 2.05) is 26.0 Å². The zero-order valence-corrected chi connectivity index (χ0v) is 13.7. The van der Waals surface area contributed by atoms with E-state index in [4.69, 9.17) is 0 Å². The SMILES string of the molecule is Cc1ccc([S@](=O)CC(=O)NCc2cc(F)cc(F)c2)c(C)c1. The van der Waals surface area contributed by atoms with Gasteiger partial charge in [0.25, 0.3) is 0 Å². The molecule has 0 saturated carbocycles. The van der Waals surface area contributed by atoms with Crippen LogP contribution in [-0.2, 0) is 22.1 Å². The van der Waals surface area contributed by atoms with Crippen LogP contribution in [0.15, 0.2) is 41.3 Å². The maximum atomic E-state index is 13.1. The number of carbonyl (C=O) groups is 1. The van der Waals surface area contributed by atoms with Crippen molar-refractivity contribution in [1.29, 1.82) is 0 Å². The van der Waals surface area contributed by atoms with Crippen molar-refractivity contribution in [3.8, 4) is 0 Å². The van der Waals surface area contributed by atoms with Gasteiger partial charge in [0.05, 0.1) is 10.8 Å². The van der Waals surface area contributed by atoms with E-state index in [2.05, 4.69) is 5.32 Å². The number of carbonyl (C=O) groups excluding carboxylic acids is 1. The van der Waals surface area contributed by atoms with Gasteiger partial charge in [-0.25, -0.2) is 8.78 Å². The second-order valence-electron chi connectivity index (χ2n) is 5.31. The van der Waals surface area contributed by atoms with Crippen LogP contribution in [0.1, 0.15) is 16.7 Å². The molecule has 1 N–H and O–H groups in total. The molecule has 1 amide bonds. The van der Waals surface area contributed by atoms with E-state index in [0.717, 1.165) is 29.3 Å². The predicted octanol–water partition coefficient (Wildman–Crippen LogP) is 3.01. The second kappa shape index (κ2) is 7.46. The maximum Gasteiger partial charge on any atom is 0.233 e. The molecule has 0 unspecified atom stereocenters. The van der Waals surface area contributed by atoms with Gasteiger partial charge in [-0.15, -0.1) is 0 Å². The maximum absolute atomic E-state index is 13.1. The van der Waals surface area contributed by atoms with Crippen LogP contribution in [0.3, 0.4) is 0 Å². The molecule has 0 aliphatic heterocycles. The Balaban J connectivity index is 1.95. The summed E-state index contributed by atoms with van der Waals surface area (Å²) in [6.07, 6.45) is 0. The molecule has 0 heterocycles. The van der Waals surface area contributed by atoms with E-state index < -0.39 is 28.3 Å². The molecule has 2 aromatic carbocycles. The number of amides is 1. The van der Waals surface area contributed by atoms with Gasteiger partial charge in [0.2, 0.25) is 5.91 Å². The standard InChI is InChI=1S/C17H17F2NO2S/c1-11-3-4-16(12(2)5-11)23(22)10-17(21)20-9-13-6-14(18)8-15(19)7-13/h3-8H,9-10H2,1-2H3,(H,20,21)/t23-/m1/s1. The van der Waals surface area contributed by atoms with Gasteiger partial charge >= 0.3 is 0 Å². The third-order valence-corrected chi connectivity index (χ3v) is 4.72. The van der Waals surface area contributed by atoms with E-state index in [-0.39, 0.29) is 12.3 Å². The Labute approximate surface area is 136 Å². The van der Waals surface area contributed by atoms with Gasteiger partial charge in [-0.3, -0.25) is 9.00 Å². The van der Waals surface area contributed by atoms with Crippen molar-refractivity contribution in [2.24, 2.45) is 0 Å². The van der Waals surface area contributed by atoms with E-state index in [9.17, 15) is 17.8 Å². The van der Waals surface area contributed by atoms with Crippen molar-refractivity contribution in [1.82, 2.24) is 5.32 Å². The zero-order valence-electron chi connectivity index (χ0n) is 12.9. The summed E-state index contributed by atoms with van der Waals surface area (Å²) in [7, 11) is -1.46. The molecule has 6 heteroatoms. The number of benzene rings is 2. The Morgan fingerprint density at radius 2 is 1.74 bits per heavy atom. The van der Waals surface area contributed by atoms with Gasteiger partial charge < -0.3 is 5.32 Å². The molecule has 23 heavy (non-hydrogen) atoms. The van der Waals surface area contributed by atoms with Crippen molar-refractivity contribution < 1.29 is 17.8 Å². The lowest BCUT2D eigenvalue weighted by Crippen LogP contribution is -2.28. The van der Waals surface area contributed by atoms with Crippen LogP contribution in [0.5, 0.6) is 0 Å². The molecule has 0 fully saturated rings. The van der Waals surface area contributed by atoms with Gasteiger partial charge in [-0.05, 0) is 43.2 Å². The number of aryl methyl sites for hydroxylation is 2. The lowest BCUT2D eigenvalue weighted by Gasteiger charge is -2.08. The molecule has 3 nitrogen and oxygen atoms in total. The molecule has 0 bridgehead atoms. The Hall–Kier alpha value is -2.08. The smallest absolute Gasteiger partial charge is 0.233 e. The zero-order chi connectivity index (χ0) is 17.0. The average molecular weight is 337 g/mol. The number of halogens is 2. The topological polar surface area (TPSA) is 46.2 Å². The monoisotopic (exact) mass is 337 g/mol. The number of rotatable bonds is 5. The minimum Gasteiger partial charge on any atom is -0.351 e. The van der Waals surface area contributed by atoms with Crippen molar-refractivity contribution in [3.05, 3.63) is 64.7 Å². The van der Waals surface area contributed by atoms with Gasteiger partial charge in [0.15, 0.2) is 0 Å². The van der Waals surface area contributed by atoms with E-state index in [1.54, 1.807) is 6.07 Å². The minimum absolute atomic E-state index is 0.0163. The Morgan fingerprint density at radius 1 is 1.09 bits per heavy atom. The fourth-order valence-electron chi connectivity index (χ4n) is 2.22. The minimum atomic E-state index is -1.46. The summed E-state index contributed by atoms with van der Waals surface area (Å²) in [6.45, 7) is 3.76. The van der Waals surface area contributed by atoms with Crippen molar-refractivity contribution >= 4 is 16.7 Å². The first kappa shape index (κ1) is 17.3. The van der Waals surface area contributed by atoms with Crippen LogP contribution in [0.25, 0.3) is 0 Å². The normalized spacial score (nSPS) is 12.0. The first-order valence-corrected chi connectivity index (χ1v) is 8.34. The molecule has 122 valence electrons. The van der Waals surface area contributed by atoms with Crippen molar-refractivity contribution in [2.75, 3.05) is 5.75 Å². The number of hydrogen-bond donors (Lipinski definition) is 1. The van der Waals surface area contributed by atoms with Crippen LogP contribution < -0.4 is 5.32 Å². The summed E-state index contributed by atoms with van der Waals surface area (Å²) >= 11 is 0.